The Balaban J connectivity index is 1.92. The van der Waals surface area contributed by atoms with Crippen molar-refractivity contribution in [2.75, 3.05) is 20.1 Å². The average Bonchev–Trinajstić information content (AvgIpc) is 2.33. The highest BCUT2D eigenvalue weighted by Gasteiger charge is 2.18. The molecule has 2 rings (SSSR count). The fourth-order valence-electron chi connectivity index (χ4n) is 1.78. The lowest BCUT2D eigenvalue weighted by molar-refractivity contribution is 0.109. The molecule has 92 valence electrons. The quantitative estimate of drug-likeness (QED) is 0.794. The lowest BCUT2D eigenvalue weighted by Crippen LogP contribution is -2.35. The molecule has 17 heavy (non-hydrogen) atoms. The van der Waals surface area contributed by atoms with Gasteiger partial charge in [-0.3, -0.25) is 0 Å². The van der Waals surface area contributed by atoms with Crippen molar-refractivity contribution in [3.8, 4) is 5.88 Å². The van der Waals surface area contributed by atoms with Gasteiger partial charge < -0.3 is 15.4 Å². The van der Waals surface area contributed by atoms with E-state index in [1.807, 2.05) is 0 Å². The standard InChI is InChI=1S/C11H16N4OS/c1-15-4-2-8(3-5-15)16-10-7-13-9(6-14-10)11(12)17/h6-8H,2-5H2,1H3,(H2,12,17). The van der Waals surface area contributed by atoms with Gasteiger partial charge in [0.15, 0.2) is 0 Å². The van der Waals surface area contributed by atoms with E-state index in [9.17, 15) is 0 Å². The minimum Gasteiger partial charge on any atom is -0.473 e. The Morgan fingerprint density at radius 1 is 1.41 bits per heavy atom. The Morgan fingerprint density at radius 3 is 2.65 bits per heavy atom. The molecule has 0 aromatic carbocycles. The normalized spacial score (nSPS) is 17.9. The van der Waals surface area contributed by atoms with E-state index in [0.717, 1.165) is 25.9 Å². The molecule has 0 saturated carbocycles. The second kappa shape index (κ2) is 5.37. The number of rotatable bonds is 3. The molecule has 1 fully saturated rings. The van der Waals surface area contributed by atoms with Crippen LogP contribution in [0.4, 0.5) is 0 Å². The molecule has 2 heterocycles. The van der Waals surface area contributed by atoms with Crippen LogP contribution >= 0.6 is 12.2 Å². The van der Waals surface area contributed by atoms with Gasteiger partial charge in [-0.25, -0.2) is 9.97 Å². The van der Waals surface area contributed by atoms with Gasteiger partial charge in [0.25, 0.3) is 0 Å². The number of likely N-dealkylation sites (tertiary alicyclic amines) is 1. The van der Waals surface area contributed by atoms with Gasteiger partial charge >= 0.3 is 0 Å². The molecule has 0 bridgehead atoms. The number of nitrogens with zero attached hydrogens (tertiary/aromatic N) is 3. The fraction of sp³-hybridized carbons (Fsp3) is 0.545. The third kappa shape index (κ3) is 3.34. The first-order chi connectivity index (χ1) is 8.15. The van der Waals surface area contributed by atoms with Crippen LogP contribution in [0.3, 0.4) is 0 Å². The second-order valence-corrected chi connectivity index (χ2v) is 4.66. The third-order valence-electron chi connectivity index (χ3n) is 2.83. The Labute approximate surface area is 106 Å². The predicted octanol–water partition coefficient (Wildman–Crippen LogP) is 0.584. The number of hydrogen-bond donors (Lipinski definition) is 1. The Kier molecular flexibility index (Phi) is 3.86. The summed E-state index contributed by atoms with van der Waals surface area (Å²) in [6.45, 7) is 2.12. The van der Waals surface area contributed by atoms with Crippen molar-refractivity contribution in [1.82, 2.24) is 14.9 Å². The first-order valence-corrected chi connectivity index (χ1v) is 6.03. The summed E-state index contributed by atoms with van der Waals surface area (Å²) in [5, 5.41) is 0. The van der Waals surface area contributed by atoms with Crippen LogP contribution in [0.5, 0.6) is 5.88 Å². The van der Waals surface area contributed by atoms with Gasteiger partial charge in [-0.05, 0) is 19.9 Å². The van der Waals surface area contributed by atoms with E-state index < -0.39 is 0 Å². The molecule has 6 heteroatoms. The zero-order chi connectivity index (χ0) is 12.3. The van der Waals surface area contributed by atoms with Crippen molar-refractivity contribution in [3.63, 3.8) is 0 Å². The van der Waals surface area contributed by atoms with Gasteiger partial charge in [-0.2, -0.15) is 0 Å². The molecule has 0 amide bonds. The second-order valence-electron chi connectivity index (χ2n) is 4.22. The molecule has 0 aliphatic carbocycles. The van der Waals surface area contributed by atoms with E-state index in [0.29, 0.717) is 11.6 Å². The maximum atomic E-state index is 5.75. The van der Waals surface area contributed by atoms with E-state index in [1.165, 1.54) is 0 Å². The van der Waals surface area contributed by atoms with Crippen molar-refractivity contribution in [2.24, 2.45) is 5.73 Å². The Morgan fingerprint density at radius 2 is 2.12 bits per heavy atom. The first kappa shape index (κ1) is 12.2. The number of thiocarbonyl (C=S) groups is 1. The number of hydrogen-bond acceptors (Lipinski definition) is 5. The smallest absolute Gasteiger partial charge is 0.232 e. The number of nitrogens with two attached hydrogens (primary N) is 1. The summed E-state index contributed by atoms with van der Waals surface area (Å²) >= 11 is 4.81. The van der Waals surface area contributed by atoms with Crippen molar-refractivity contribution in [3.05, 3.63) is 18.1 Å². The summed E-state index contributed by atoms with van der Waals surface area (Å²) in [5.74, 6) is 0.541. The molecule has 1 aromatic heterocycles. The summed E-state index contributed by atoms with van der Waals surface area (Å²) in [4.78, 5) is 10.8. The summed E-state index contributed by atoms with van der Waals surface area (Å²) in [6, 6.07) is 0. The van der Waals surface area contributed by atoms with Crippen molar-refractivity contribution in [2.45, 2.75) is 18.9 Å². The monoisotopic (exact) mass is 252 g/mol. The molecular weight excluding hydrogens is 236 g/mol. The van der Waals surface area contributed by atoms with Gasteiger partial charge in [-0.15, -0.1) is 0 Å². The number of piperidine rings is 1. The van der Waals surface area contributed by atoms with Gasteiger partial charge in [0.05, 0.1) is 12.4 Å². The van der Waals surface area contributed by atoms with Crippen LogP contribution in [0.15, 0.2) is 12.4 Å². The van der Waals surface area contributed by atoms with Crippen LogP contribution in [0.1, 0.15) is 18.5 Å². The lowest BCUT2D eigenvalue weighted by Gasteiger charge is -2.28. The maximum Gasteiger partial charge on any atom is 0.232 e. The van der Waals surface area contributed by atoms with E-state index in [4.69, 9.17) is 22.7 Å². The Bertz CT molecular complexity index is 387. The highest BCUT2D eigenvalue weighted by atomic mass is 32.1. The average molecular weight is 252 g/mol. The molecule has 1 aliphatic rings. The highest BCUT2D eigenvalue weighted by Crippen LogP contribution is 2.15. The van der Waals surface area contributed by atoms with Crippen LogP contribution < -0.4 is 10.5 Å². The summed E-state index contributed by atoms with van der Waals surface area (Å²) in [6.07, 6.45) is 5.40. The van der Waals surface area contributed by atoms with Crippen LogP contribution in [-0.4, -0.2) is 46.1 Å². The minimum absolute atomic E-state index is 0.233. The molecule has 1 aliphatic heterocycles. The molecule has 1 saturated heterocycles. The summed E-state index contributed by atoms with van der Waals surface area (Å²) in [5.41, 5.74) is 5.97. The fourth-order valence-corrected chi connectivity index (χ4v) is 1.88. The zero-order valence-electron chi connectivity index (χ0n) is 9.80. The number of ether oxygens (including phenoxy) is 1. The van der Waals surface area contributed by atoms with E-state index in [-0.39, 0.29) is 11.1 Å². The van der Waals surface area contributed by atoms with Crippen LogP contribution in [0.25, 0.3) is 0 Å². The van der Waals surface area contributed by atoms with Crippen LogP contribution in [0.2, 0.25) is 0 Å². The third-order valence-corrected chi connectivity index (χ3v) is 3.04. The van der Waals surface area contributed by atoms with Crippen LogP contribution in [0, 0.1) is 0 Å². The molecule has 0 atom stereocenters. The van der Waals surface area contributed by atoms with Crippen molar-refractivity contribution < 1.29 is 4.74 Å². The van der Waals surface area contributed by atoms with E-state index in [1.54, 1.807) is 12.4 Å². The van der Waals surface area contributed by atoms with Crippen molar-refractivity contribution in [1.29, 1.82) is 0 Å². The largest absolute Gasteiger partial charge is 0.473 e. The molecule has 0 radical (unpaired) electrons. The first-order valence-electron chi connectivity index (χ1n) is 5.62. The van der Waals surface area contributed by atoms with Gasteiger partial charge in [-0.1, -0.05) is 12.2 Å². The maximum absolute atomic E-state index is 5.75. The summed E-state index contributed by atoms with van der Waals surface area (Å²) < 4.78 is 5.75. The van der Waals surface area contributed by atoms with Crippen LogP contribution in [-0.2, 0) is 0 Å². The van der Waals surface area contributed by atoms with E-state index >= 15 is 0 Å². The molecule has 0 spiro atoms. The SMILES string of the molecule is CN1CCC(Oc2cnc(C(N)=S)cn2)CC1. The molecule has 0 unspecified atom stereocenters. The van der Waals surface area contributed by atoms with Crippen molar-refractivity contribution >= 4 is 17.2 Å². The van der Waals surface area contributed by atoms with E-state index in [2.05, 4.69) is 21.9 Å². The number of aromatic nitrogens is 2. The van der Waals surface area contributed by atoms with Gasteiger partial charge in [0.2, 0.25) is 5.88 Å². The lowest BCUT2D eigenvalue weighted by atomic mass is 10.1. The van der Waals surface area contributed by atoms with Gasteiger partial charge in [0.1, 0.15) is 16.8 Å². The Hall–Kier alpha value is -1.27. The molecule has 1 aromatic rings. The molecular formula is C11H16N4OS. The summed E-state index contributed by atoms with van der Waals surface area (Å²) in [7, 11) is 2.12. The zero-order valence-corrected chi connectivity index (χ0v) is 10.6. The molecule has 2 N–H and O–H groups in total. The predicted molar refractivity (Wildman–Crippen MR) is 69.1 cm³/mol. The molecule has 5 nitrogen and oxygen atoms in total. The minimum atomic E-state index is 0.233. The topological polar surface area (TPSA) is 64.3 Å². The van der Waals surface area contributed by atoms with Gasteiger partial charge in [0, 0.05) is 13.1 Å². The highest BCUT2D eigenvalue weighted by molar-refractivity contribution is 7.80.